The van der Waals surface area contributed by atoms with Crippen molar-refractivity contribution in [3.63, 3.8) is 0 Å². The number of rotatable bonds is 4. The minimum absolute atomic E-state index is 0.153. The van der Waals surface area contributed by atoms with Gasteiger partial charge in [0.15, 0.2) is 5.82 Å². The van der Waals surface area contributed by atoms with Gasteiger partial charge >= 0.3 is 0 Å². The summed E-state index contributed by atoms with van der Waals surface area (Å²) < 4.78 is 7.15. The maximum atomic E-state index is 12.8. The van der Waals surface area contributed by atoms with Crippen LogP contribution in [0.5, 0.6) is 5.75 Å². The molecule has 0 radical (unpaired) electrons. The van der Waals surface area contributed by atoms with Crippen molar-refractivity contribution in [2.75, 3.05) is 7.11 Å². The normalized spacial score (nSPS) is 12.4. The molecule has 0 saturated heterocycles. The second-order valence-electron chi connectivity index (χ2n) is 6.76. The van der Waals surface area contributed by atoms with E-state index in [0.29, 0.717) is 15.3 Å². The fourth-order valence-electron chi connectivity index (χ4n) is 3.32. The van der Waals surface area contributed by atoms with Gasteiger partial charge in [-0.1, -0.05) is 72.0 Å². The predicted molar refractivity (Wildman–Crippen MR) is 122 cm³/mol. The first-order chi connectivity index (χ1) is 14.7. The van der Waals surface area contributed by atoms with Crippen LogP contribution in [0.3, 0.4) is 0 Å². The number of nitrogens with zero attached hydrogens (tertiary/aromatic N) is 3. The molecule has 5 nitrogen and oxygen atoms in total. The molecule has 5 rings (SSSR count). The molecule has 0 atom stereocenters. The van der Waals surface area contributed by atoms with Crippen LogP contribution in [0.2, 0.25) is 0 Å². The van der Waals surface area contributed by atoms with Crippen LogP contribution in [-0.2, 0) is 0 Å². The molecule has 0 fully saturated rings. The fraction of sp³-hybridized carbons (Fsp3) is 0.0417. The molecule has 0 spiro atoms. The van der Waals surface area contributed by atoms with Crippen molar-refractivity contribution in [2.24, 2.45) is 0 Å². The Morgan fingerprint density at radius 1 is 0.967 bits per heavy atom. The topological polar surface area (TPSA) is 56.5 Å². The van der Waals surface area contributed by atoms with E-state index in [-0.39, 0.29) is 5.56 Å². The van der Waals surface area contributed by atoms with Crippen molar-refractivity contribution >= 4 is 45.3 Å². The van der Waals surface area contributed by atoms with Crippen LogP contribution < -0.4 is 14.8 Å². The number of thiazole rings is 1. The van der Waals surface area contributed by atoms with E-state index in [0.717, 1.165) is 27.6 Å². The highest BCUT2D eigenvalue weighted by Gasteiger charge is 2.09. The third kappa shape index (κ3) is 3.38. The van der Waals surface area contributed by atoms with Gasteiger partial charge < -0.3 is 4.74 Å². The van der Waals surface area contributed by atoms with Gasteiger partial charge in [0.1, 0.15) is 5.75 Å². The lowest BCUT2D eigenvalue weighted by molar-refractivity contribution is 0.415. The van der Waals surface area contributed by atoms with Crippen molar-refractivity contribution < 1.29 is 4.74 Å². The molecule has 3 aromatic carbocycles. The molecule has 0 aliphatic heterocycles. The maximum Gasteiger partial charge on any atom is 0.291 e. The molecular weight excluding hydrogens is 394 g/mol. The Kier molecular flexibility index (Phi) is 4.61. The molecule has 30 heavy (non-hydrogen) atoms. The highest BCUT2D eigenvalue weighted by Crippen LogP contribution is 2.19. The summed E-state index contributed by atoms with van der Waals surface area (Å²) in [5.74, 6) is 1.31. The molecule has 146 valence electrons. The van der Waals surface area contributed by atoms with Crippen LogP contribution in [0.25, 0.3) is 34.0 Å². The maximum absolute atomic E-state index is 12.8. The zero-order chi connectivity index (χ0) is 20.5. The SMILES string of the molecule is COc1ccc(/C=C/c2nc3s/c(=C/c4cccc5ccccc45)c(=O)n3n2)cc1. The first-order valence-electron chi connectivity index (χ1n) is 9.42. The van der Waals surface area contributed by atoms with E-state index in [4.69, 9.17) is 4.74 Å². The Bertz CT molecular complexity index is 1490. The zero-order valence-corrected chi connectivity index (χ0v) is 17.0. The number of benzene rings is 3. The lowest BCUT2D eigenvalue weighted by atomic mass is 10.0. The van der Waals surface area contributed by atoms with Crippen molar-refractivity contribution in [1.29, 1.82) is 0 Å². The molecule has 0 unspecified atom stereocenters. The Morgan fingerprint density at radius 2 is 1.77 bits per heavy atom. The van der Waals surface area contributed by atoms with Crippen LogP contribution in [0, 0.1) is 0 Å². The summed E-state index contributed by atoms with van der Waals surface area (Å²) in [6, 6.07) is 21.9. The summed E-state index contributed by atoms with van der Waals surface area (Å²) in [7, 11) is 1.64. The van der Waals surface area contributed by atoms with Crippen LogP contribution in [0.4, 0.5) is 0 Å². The third-order valence-electron chi connectivity index (χ3n) is 4.85. The molecule has 0 amide bonds. The van der Waals surface area contributed by atoms with Crippen LogP contribution in [-0.4, -0.2) is 21.7 Å². The van der Waals surface area contributed by atoms with Gasteiger partial charge in [-0.2, -0.15) is 9.50 Å². The van der Waals surface area contributed by atoms with Gasteiger partial charge in [0.05, 0.1) is 11.6 Å². The lowest BCUT2D eigenvalue weighted by Crippen LogP contribution is -2.23. The largest absolute Gasteiger partial charge is 0.497 e. The van der Waals surface area contributed by atoms with Crippen molar-refractivity contribution in [3.05, 3.63) is 98.6 Å². The summed E-state index contributed by atoms with van der Waals surface area (Å²) in [6.07, 6.45) is 5.63. The van der Waals surface area contributed by atoms with Crippen LogP contribution in [0.1, 0.15) is 17.0 Å². The monoisotopic (exact) mass is 411 g/mol. The minimum Gasteiger partial charge on any atom is -0.497 e. The second kappa shape index (κ2) is 7.57. The van der Waals surface area contributed by atoms with Gasteiger partial charge in [-0.3, -0.25) is 4.79 Å². The average Bonchev–Trinajstić information content (AvgIpc) is 3.31. The fourth-order valence-corrected chi connectivity index (χ4v) is 4.23. The number of methoxy groups -OCH3 is 1. The highest BCUT2D eigenvalue weighted by molar-refractivity contribution is 7.15. The number of ether oxygens (including phenoxy) is 1. The van der Waals surface area contributed by atoms with Crippen LogP contribution in [0.15, 0.2) is 71.5 Å². The number of aromatic nitrogens is 3. The lowest BCUT2D eigenvalue weighted by Gasteiger charge is -2.00. The van der Waals surface area contributed by atoms with Crippen LogP contribution >= 0.6 is 11.3 Å². The molecular formula is C24H17N3O2S. The smallest absolute Gasteiger partial charge is 0.291 e. The Hall–Kier alpha value is -3.77. The summed E-state index contributed by atoms with van der Waals surface area (Å²) in [4.78, 5) is 17.9. The highest BCUT2D eigenvalue weighted by atomic mass is 32.1. The van der Waals surface area contributed by atoms with Gasteiger partial charge in [-0.25, -0.2) is 0 Å². The first-order valence-corrected chi connectivity index (χ1v) is 10.2. The first kappa shape index (κ1) is 18.3. The molecule has 2 heterocycles. The second-order valence-corrected chi connectivity index (χ2v) is 7.76. The minimum atomic E-state index is -0.153. The standard InChI is InChI=1S/C24H17N3O2S/c1-29-19-12-9-16(10-13-19)11-14-22-25-24-27(26-22)23(28)21(30-24)15-18-7-4-6-17-5-2-3-8-20(17)18/h2-15H,1H3/b14-11+,21-15+. The summed E-state index contributed by atoms with van der Waals surface area (Å²) in [5.41, 5.74) is 1.86. The number of hydrogen-bond donors (Lipinski definition) is 0. The predicted octanol–water partition coefficient (Wildman–Crippen LogP) is 4.03. The summed E-state index contributed by atoms with van der Waals surface area (Å²) in [5, 5.41) is 6.61. The Morgan fingerprint density at radius 3 is 2.57 bits per heavy atom. The van der Waals surface area contributed by atoms with Gasteiger partial charge in [0.25, 0.3) is 5.56 Å². The molecule has 6 heteroatoms. The van der Waals surface area contributed by atoms with Gasteiger partial charge in [0.2, 0.25) is 4.96 Å². The third-order valence-corrected chi connectivity index (χ3v) is 5.81. The summed E-state index contributed by atoms with van der Waals surface area (Å²) >= 11 is 1.35. The van der Waals surface area contributed by atoms with E-state index < -0.39 is 0 Å². The van der Waals surface area contributed by atoms with E-state index in [1.165, 1.54) is 15.9 Å². The van der Waals surface area contributed by atoms with Crippen molar-refractivity contribution in [3.8, 4) is 5.75 Å². The molecule has 0 N–H and O–H groups in total. The number of hydrogen-bond acceptors (Lipinski definition) is 5. The van der Waals surface area contributed by atoms with Crippen molar-refractivity contribution in [2.45, 2.75) is 0 Å². The molecule has 0 aliphatic rings. The Labute approximate surface area is 176 Å². The van der Waals surface area contributed by atoms with Gasteiger partial charge in [-0.15, -0.1) is 5.10 Å². The molecule has 0 bridgehead atoms. The summed E-state index contributed by atoms with van der Waals surface area (Å²) in [6.45, 7) is 0. The quantitative estimate of drug-likeness (QED) is 0.448. The van der Waals surface area contributed by atoms with E-state index in [1.807, 2.05) is 60.7 Å². The van der Waals surface area contributed by atoms with E-state index in [1.54, 1.807) is 13.2 Å². The molecule has 2 aromatic heterocycles. The van der Waals surface area contributed by atoms with Crippen molar-refractivity contribution in [1.82, 2.24) is 14.6 Å². The molecule has 0 aliphatic carbocycles. The van der Waals surface area contributed by atoms with E-state index >= 15 is 0 Å². The Balaban J connectivity index is 1.50. The van der Waals surface area contributed by atoms with E-state index in [9.17, 15) is 4.79 Å². The number of fused-ring (bicyclic) bond motifs is 2. The van der Waals surface area contributed by atoms with Gasteiger partial charge in [-0.05, 0) is 46.2 Å². The van der Waals surface area contributed by atoms with Gasteiger partial charge in [0, 0.05) is 0 Å². The molecule has 0 saturated carbocycles. The molecule has 5 aromatic rings. The van der Waals surface area contributed by atoms with E-state index in [2.05, 4.69) is 28.3 Å². The zero-order valence-electron chi connectivity index (χ0n) is 16.1. The average molecular weight is 411 g/mol.